The van der Waals surface area contributed by atoms with Gasteiger partial charge in [0.05, 0.1) is 0 Å². The normalized spacial score (nSPS) is 26.8. The highest BCUT2D eigenvalue weighted by Gasteiger charge is 2.13. The molecule has 0 aromatic rings. The van der Waals surface area contributed by atoms with Gasteiger partial charge in [-0.25, -0.2) is 0 Å². The van der Waals surface area contributed by atoms with E-state index in [2.05, 4.69) is 32.2 Å². The lowest BCUT2D eigenvalue weighted by Crippen LogP contribution is -2.33. The summed E-state index contributed by atoms with van der Waals surface area (Å²) in [7, 11) is 0. The molecule has 0 amide bonds. The molecule has 0 spiro atoms. The molecule has 0 aromatic carbocycles. The summed E-state index contributed by atoms with van der Waals surface area (Å²) >= 11 is 0. The predicted molar refractivity (Wildman–Crippen MR) is 45.0 cm³/mol. The topological polar surface area (TPSA) is 12.0 Å². The van der Waals surface area contributed by atoms with Gasteiger partial charge in [0.2, 0.25) is 0 Å². The van der Waals surface area contributed by atoms with Crippen LogP contribution in [0.1, 0.15) is 27.2 Å². The zero-order valence-corrected chi connectivity index (χ0v) is 7.15. The van der Waals surface area contributed by atoms with E-state index in [1.165, 1.54) is 6.42 Å². The second kappa shape index (κ2) is 3.20. The Bertz CT molecular complexity index is 136. The lowest BCUT2D eigenvalue weighted by molar-refractivity contribution is 0.530. The molecule has 0 radical (unpaired) electrons. The van der Waals surface area contributed by atoms with Gasteiger partial charge in [-0.1, -0.05) is 25.5 Å². The monoisotopic (exact) mass is 139 g/mol. The van der Waals surface area contributed by atoms with Crippen molar-refractivity contribution >= 4 is 0 Å². The SMILES string of the molecule is CC(C)C1=CCCN[C@@H]1C. The van der Waals surface area contributed by atoms with Crippen LogP contribution in [0.2, 0.25) is 0 Å². The van der Waals surface area contributed by atoms with Crippen LogP contribution in [-0.2, 0) is 0 Å². The van der Waals surface area contributed by atoms with Crippen LogP contribution in [0.25, 0.3) is 0 Å². The van der Waals surface area contributed by atoms with Gasteiger partial charge >= 0.3 is 0 Å². The minimum atomic E-state index is 0.605. The maximum Gasteiger partial charge on any atom is 0.0253 e. The molecule has 0 saturated carbocycles. The second-order valence-corrected chi connectivity index (χ2v) is 3.32. The van der Waals surface area contributed by atoms with Gasteiger partial charge in [0, 0.05) is 6.04 Å². The summed E-state index contributed by atoms with van der Waals surface area (Å²) in [5.74, 6) is 0.711. The third kappa shape index (κ3) is 1.60. The van der Waals surface area contributed by atoms with E-state index < -0.39 is 0 Å². The number of hydrogen-bond acceptors (Lipinski definition) is 1. The zero-order valence-electron chi connectivity index (χ0n) is 7.15. The molecule has 1 heteroatoms. The molecule has 0 bridgehead atoms. The Balaban J connectivity index is 2.61. The van der Waals surface area contributed by atoms with E-state index in [9.17, 15) is 0 Å². The zero-order chi connectivity index (χ0) is 7.56. The number of hydrogen-bond donors (Lipinski definition) is 1. The molecule has 1 nitrogen and oxygen atoms in total. The molecule has 0 aromatic heterocycles. The number of rotatable bonds is 1. The van der Waals surface area contributed by atoms with Gasteiger partial charge in [0.15, 0.2) is 0 Å². The van der Waals surface area contributed by atoms with Gasteiger partial charge in [0.25, 0.3) is 0 Å². The summed E-state index contributed by atoms with van der Waals surface area (Å²) in [6, 6.07) is 0.605. The van der Waals surface area contributed by atoms with E-state index in [1.54, 1.807) is 5.57 Å². The fraction of sp³-hybridized carbons (Fsp3) is 0.778. The van der Waals surface area contributed by atoms with Crippen molar-refractivity contribution in [1.82, 2.24) is 5.32 Å². The van der Waals surface area contributed by atoms with E-state index in [-0.39, 0.29) is 0 Å². The smallest absolute Gasteiger partial charge is 0.0253 e. The predicted octanol–water partition coefficient (Wildman–Crippen LogP) is 1.95. The highest BCUT2D eigenvalue weighted by atomic mass is 14.9. The van der Waals surface area contributed by atoms with Crippen molar-refractivity contribution in [3.63, 3.8) is 0 Å². The molecule has 10 heavy (non-hydrogen) atoms. The lowest BCUT2D eigenvalue weighted by Gasteiger charge is -2.24. The quantitative estimate of drug-likeness (QED) is 0.547. The average Bonchev–Trinajstić information content (AvgIpc) is 1.88. The molecule has 0 aliphatic carbocycles. The summed E-state index contributed by atoms with van der Waals surface area (Å²) < 4.78 is 0. The van der Waals surface area contributed by atoms with Crippen LogP contribution in [0.4, 0.5) is 0 Å². The van der Waals surface area contributed by atoms with Crippen molar-refractivity contribution in [1.29, 1.82) is 0 Å². The molecule has 58 valence electrons. The van der Waals surface area contributed by atoms with Gasteiger partial charge in [-0.2, -0.15) is 0 Å². The Morgan fingerprint density at radius 3 is 2.70 bits per heavy atom. The van der Waals surface area contributed by atoms with Crippen LogP contribution >= 0.6 is 0 Å². The molecule has 1 aliphatic heterocycles. The van der Waals surface area contributed by atoms with Crippen LogP contribution in [0, 0.1) is 5.92 Å². The molecule has 0 saturated heterocycles. The molecule has 1 atom stereocenters. The van der Waals surface area contributed by atoms with Gasteiger partial charge in [-0.3, -0.25) is 0 Å². The van der Waals surface area contributed by atoms with E-state index >= 15 is 0 Å². The van der Waals surface area contributed by atoms with Crippen LogP contribution in [0.3, 0.4) is 0 Å². The Labute approximate surface area is 63.5 Å². The highest BCUT2D eigenvalue weighted by molar-refractivity contribution is 5.14. The van der Waals surface area contributed by atoms with Gasteiger partial charge in [0.1, 0.15) is 0 Å². The molecule has 1 N–H and O–H groups in total. The average molecular weight is 139 g/mol. The van der Waals surface area contributed by atoms with Crippen molar-refractivity contribution in [3.8, 4) is 0 Å². The Kier molecular flexibility index (Phi) is 2.50. The van der Waals surface area contributed by atoms with Crippen molar-refractivity contribution in [2.24, 2.45) is 5.92 Å². The standard InChI is InChI=1S/C9H17N/c1-7(2)9-5-4-6-10-8(9)3/h5,7-8,10H,4,6H2,1-3H3/t8-/m1/s1. The van der Waals surface area contributed by atoms with Crippen molar-refractivity contribution < 1.29 is 0 Å². The van der Waals surface area contributed by atoms with Crippen molar-refractivity contribution in [3.05, 3.63) is 11.6 Å². The first kappa shape index (κ1) is 7.80. The maximum atomic E-state index is 3.45. The first-order chi connectivity index (χ1) is 4.72. The van der Waals surface area contributed by atoms with Crippen LogP contribution in [0.15, 0.2) is 11.6 Å². The van der Waals surface area contributed by atoms with E-state index in [4.69, 9.17) is 0 Å². The molecule has 0 fully saturated rings. The van der Waals surface area contributed by atoms with Gasteiger partial charge < -0.3 is 5.32 Å². The van der Waals surface area contributed by atoms with Gasteiger partial charge in [-0.05, 0) is 25.8 Å². The van der Waals surface area contributed by atoms with E-state index in [1.807, 2.05) is 0 Å². The Hall–Kier alpha value is -0.300. The largest absolute Gasteiger partial charge is 0.310 e. The summed E-state index contributed by atoms with van der Waals surface area (Å²) in [6.45, 7) is 7.91. The fourth-order valence-electron chi connectivity index (χ4n) is 1.57. The molecule has 1 aliphatic rings. The molecular weight excluding hydrogens is 122 g/mol. The first-order valence-corrected chi connectivity index (χ1v) is 4.15. The first-order valence-electron chi connectivity index (χ1n) is 4.15. The van der Waals surface area contributed by atoms with E-state index in [0.29, 0.717) is 12.0 Å². The summed E-state index contributed by atoms with van der Waals surface area (Å²) in [5, 5.41) is 3.45. The molecular formula is C9H17N. The third-order valence-electron chi connectivity index (χ3n) is 2.14. The summed E-state index contributed by atoms with van der Waals surface area (Å²) in [4.78, 5) is 0. The van der Waals surface area contributed by atoms with Crippen LogP contribution < -0.4 is 5.32 Å². The van der Waals surface area contributed by atoms with E-state index in [0.717, 1.165) is 6.54 Å². The lowest BCUT2D eigenvalue weighted by atomic mass is 9.93. The maximum absolute atomic E-state index is 3.45. The minimum absolute atomic E-state index is 0.605. The third-order valence-corrected chi connectivity index (χ3v) is 2.14. The summed E-state index contributed by atoms with van der Waals surface area (Å²) in [5.41, 5.74) is 1.58. The van der Waals surface area contributed by atoms with Crippen molar-refractivity contribution in [2.75, 3.05) is 6.54 Å². The molecule has 0 unspecified atom stereocenters. The van der Waals surface area contributed by atoms with Crippen LogP contribution in [-0.4, -0.2) is 12.6 Å². The fourth-order valence-corrected chi connectivity index (χ4v) is 1.57. The van der Waals surface area contributed by atoms with Crippen LogP contribution in [0.5, 0.6) is 0 Å². The highest BCUT2D eigenvalue weighted by Crippen LogP contribution is 2.17. The Morgan fingerprint density at radius 1 is 1.60 bits per heavy atom. The van der Waals surface area contributed by atoms with Gasteiger partial charge in [-0.15, -0.1) is 0 Å². The summed E-state index contributed by atoms with van der Waals surface area (Å²) in [6.07, 6.45) is 3.59. The second-order valence-electron chi connectivity index (χ2n) is 3.32. The molecule has 1 heterocycles. The Morgan fingerprint density at radius 2 is 2.30 bits per heavy atom. The van der Waals surface area contributed by atoms with Crippen molar-refractivity contribution in [2.45, 2.75) is 33.2 Å². The minimum Gasteiger partial charge on any atom is -0.310 e. The number of nitrogens with one attached hydrogen (secondary N) is 1. The molecule has 1 rings (SSSR count).